The molecule has 3 rings (SSSR count). The van der Waals surface area contributed by atoms with Gasteiger partial charge in [-0.25, -0.2) is 9.97 Å². The van der Waals surface area contributed by atoms with Crippen LogP contribution in [0.2, 0.25) is 0 Å². The van der Waals surface area contributed by atoms with Crippen molar-refractivity contribution in [1.29, 1.82) is 5.26 Å². The van der Waals surface area contributed by atoms with Crippen molar-refractivity contribution in [3.63, 3.8) is 0 Å². The highest BCUT2D eigenvalue weighted by Crippen LogP contribution is 2.23. The molecule has 0 atom stereocenters. The SMILES string of the molecule is C=CC.CN(C)C.CNc1nccn2c(-c3cccc(C#N)c3)cnc12. The van der Waals surface area contributed by atoms with Crippen LogP contribution >= 0.6 is 0 Å². The van der Waals surface area contributed by atoms with Gasteiger partial charge in [0, 0.05) is 25.0 Å². The summed E-state index contributed by atoms with van der Waals surface area (Å²) in [6.07, 6.45) is 7.12. The van der Waals surface area contributed by atoms with Gasteiger partial charge in [0.05, 0.1) is 23.5 Å². The Morgan fingerprint density at radius 3 is 2.50 bits per heavy atom. The van der Waals surface area contributed by atoms with E-state index >= 15 is 0 Å². The van der Waals surface area contributed by atoms with Gasteiger partial charge in [0.1, 0.15) is 0 Å². The third-order valence-corrected chi connectivity index (χ3v) is 2.95. The Balaban J connectivity index is 0.000000419. The second-order valence-electron chi connectivity index (χ2n) is 5.81. The summed E-state index contributed by atoms with van der Waals surface area (Å²) in [7, 11) is 7.81. The number of allylic oxidation sites excluding steroid dienone is 1. The van der Waals surface area contributed by atoms with Gasteiger partial charge in [0.15, 0.2) is 11.5 Å². The number of aromatic nitrogens is 3. The van der Waals surface area contributed by atoms with Crippen LogP contribution in [-0.2, 0) is 0 Å². The number of hydrogen-bond donors (Lipinski definition) is 1. The molecule has 0 unspecified atom stereocenters. The van der Waals surface area contributed by atoms with E-state index in [9.17, 15) is 0 Å². The number of nitrogens with one attached hydrogen (secondary N) is 1. The molecule has 2 aromatic heterocycles. The van der Waals surface area contributed by atoms with E-state index in [1.165, 1.54) is 0 Å². The van der Waals surface area contributed by atoms with Crippen LogP contribution in [0.15, 0.2) is 55.5 Å². The Hall–Kier alpha value is -3.17. The first-order valence-corrected chi connectivity index (χ1v) is 8.16. The van der Waals surface area contributed by atoms with E-state index in [1.807, 2.05) is 68.8 Å². The Kier molecular flexibility index (Phi) is 8.55. The second kappa shape index (κ2) is 10.6. The molecule has 0 amide bonds. The second-order valence-corrected chi connectivity index (χ2v) is 5.81. The van der Waals surface area contributed by atoms with Crippen LogP contribution in [0.25, 0.3) is 16.9 Å². The van der Waals surface area contributed by atoms with E-state index in [0.29, 0.717) is 5.56 Å². The van der Waals surface area contributed by atoms with Crippen LogP contribution in [0.1, 0.15) is 12.5 Å². The lowest BCUT2D eigenvalue weighted by Crippen LogP contribution is -1.99. The van der Waals surface area contributed by atoms with Crippen LogP contribution in [0.4, 0.5) is 5.82 Å². The molecule has 136 valence electrons. The molecule has 6 heteroatoms. The Bertz CT molecular complexity index is 871. The molecular weight excluding hydrogens is 324 g/mol. The van der Waals surface area contributed by atoms with Crippen LogP contribution in [0.3, 0.4) is 0 Å². The monoisotopic (exact) mass is 350 g/mol. The van der Waals surface area contributed by atoms with Gasteiger partial charge >= 0.3 is 0 Å². The average Bonchev–Trinajstić information content (AvgIpc) is 3.06. The fourth-order valence-corrected chi connectivity index (χ4v) is 2.06. The molecule has 6 nitrogen and oxygen atoms in total. The molecule has 0 radical (unpaired) electrons. The van der Waals surface area contributed by atoms with Gasteiger partial charge in [0.25, 0.3) is 0 Å². The standard InChI is InChI=1S/C14H11N5.C3H9N.C3H6/c1-16-13-14-18-9-12(19(14)6-5-17-13)11-4-2-3-10(7-11)8-15;1-4(2)3;1-3-2/h2-7,9H,1H3,(H,16,17);1-3H3;3H,1H2,2H3. The summed E-state index contributed by atoms with van der Waals surface area (Å²) in [5.74, 6) is 0.727. The van der Waals surface area contributed by atoms with E-state index in [2.05, 4.69) is 27.9 Å². The van der Waals surface area contributed by atoms with Crippen molar-refractivity contribution in [3.8, 4) is 17.3 Å². The van der Waals surface area contributed by atoms with E-state index in [4.69, 9.17) is 5.26 Å². The predicted molar refractivity (Wildman–Crippen MR) is 108 cm³/mol. The molecule has 0 aliphatic heterocycles. The van der Waals surface area contributed by atoms with Crippen molar-refractivity contribution in [2.24, 2.45) is 0 Å². The van der Waals surface area contributed by atoms with Gasteiger partial charge < -0.3 is 10.2 Å². The van der Waals surface area contributed by atoms with Gasteiger partial charge in [-0.1, -0.05) is 18.2 Å². The molecule has 0 spiro atoms. The molecule has 3 aromatic rings. The number of fused-ring (bicyclic) bond motifs is 1. The van der Waals surface area contributed by atoms with Crippen LogP contribution in [0.5, 0.6) is 0 Å². The largest absolute Gasteiger partial charge is 0.370 e. The molecule has 1 N–H and O–H groups in total. The zero-order chi connectivity index (χ0) is 19.5. The molecular formula is C20H26N6. The molecule has 26 heavy (non-hydrogen) atoms. The predicted octanol–water partition coefficient (Wildman–Crippen LogP) is 3.68. The summed E-state index contributed by atoms with van der Waals surface area (Å²) < 4.78 is 1.95. The Labute approximate surface area is 155 Å². The summed E-state index contributed by atoms with van der Waals surface area (Å²) in [6, 6.07) is 9.61. The van der Waals surface area contributed by atoms with Crippen molar-refractivity contribution < 1.29 is 0 Å². The van der Waals surface area contributed by atoms with Crippen molar-refractivity contribution >= 4 is 11.5 Å². The fourth-order valence-electron chi connectivity index (χ4n) is 2.06. The zero-order valence-corrected chi connectivity index (χ0v) is 16.1. The van der Waals surface area contributed by atoms with Gasteiger partial charge in [-0.05, 0) is 40.2 Å². The average molecular weight is 350 g/mol. The number of rotatable bonds is 2. The lowest BCUT2D eigenvalue weighted by molar-refractivity contribution is 0.505. The summed E-state index contributed by atoms with van der Waals surface area (Å²) in [5.41, 5.74) is 3.29. The molecule has 0 aliphatic carbocycles. The van der Waals surface area contributed by atoms with E-state index in [0.717, 1.165) is 22.7 Å². The third kappa shape index (κ3) is 5.72. The Morgan fingerprint density at radius 2 is 1.92 bits per heavy atom. The van der Waals surface area contributed by atoms with Gasteiger partial charge in [-0.3, -0.25) is 4.40 Å². The summed E-state index contributed by atoms with van der Waals surface area (Å²) >= 11 is 0. The molecule has 0 saturated heterocycles. The minimum atomic E-state index is 0.635. The van der Waals surface area contributed by atoms with Gasteiger partial charge in [-0.15, -0.1) is 6.58 Å². The lowest BCUT2D eigenvalue weighted by Gasteiger charge is -2.04. The minimum absolute atomic E-state index is 0.635. The number of hydrogen-bond acceptors (Lipinski definition) is 5. The summed E-state index contributed by atoms with van der Waals surface area (Å²) in [6.45, 7) is 5.25. The van der Waals surface area contributed by atoms with E-state index in [1.54, 1.807) is 24.5 Å². The van der Waals surface area contributed by atoms with Gasteiger partial charge in [0.2, 0.25) is 0 Å². The van der Waals surface area contributed by atoms with E-state index in [-0.39, 0.29) is 0 Å². The molecule has 0 aliphatic rings. The topological polar surface area (TPSA) is 69.2 Å². The normalized spacial score (nSPS) is 9.42. The lowest BCUT2D eigenvalue weighted by atomic mass is 10.1. The van der Waals surface area contributed by atoms with Crippen molar-refractivity contribution in [2.75, 3.05) is 33.5 Å². The number of imidazole rings is 1. The molecule has 0 fully saturated rings. The number of nitrogens with zero attached hydrogens (tertiary/aromatic N) is 5. The maximum atomic E-state index is 8.96. The maximum Gasteiger partial charge on any atom is 0.180 e. The molecule has 0 bridgehead atoms. The number of nitriles is 1. The van der Waals surface area contributed by atoms with Crippen LogP contribution in [0, 0.1) is 11.3 Å². The Morgan fingerprint density at radius 1 is 1.27 bits per heavy atom. The smallest absolute Gasteiger partial charge is 0.180 e. The van der Waals surface area contributed by atoms with Crippen molar-refractivity contribution in [3.05, 3.63) is 61.1 Å². The number of benzene rings is 1. The van der Waals surface area contributed by atoms with Crippen molar-refractivity contribution in [1.82, 2.24) is 19.3 Å². The van der Waals surface area contributed by atoms with Crippen LogP contribution < -0.4 is 5.32 Å². The summed E-state index contributed by atoms with van der Waals surface area (Å²) in [5, 5.41) is 12.0. The van der Waals surface area contributed by atoms with Gasteiger partial charge in [-0.2, -0.15) is 5.26 Å². The highest BCUT2D eigenvalue weighted by Gasteiger charge is 2.09. The highest BCUT2D eigenvalue weighted by molar-refractivity contribution is 5.71. The quantitative estimate of drug-likeness (QED) is 0.714. The third-order valence-electron chi connectivity index (χ3n) is 2.95. The van der Waals surface area contributed by atoms with Crippen molar-refractivity contribution in [2.45, 2.75) is 6.92 Å². The van der Waals surface area contributed by atoms with E-state index < -0.39 is 0 Å². The number of anilines is 1. The summed E-state index contributed by atoms with van der Waals surface area (Å²) in [4.78, 5) is 10.6. The zero-order valence-electron chi connectivity index (χ0n) is 16.1. The maximum absolute atomic E-state index is 8.96. The fraction of sp³-hybridized carbons (Fsp3) is 0.250. The molecule has 1 aromatic carbocycles. The van der Waals surface area contributed by atoms with Crippen LogP contribution in [-0.4, -0.2) is 47.5 Å². The molecule has 0 saturated carbocycles. The first-order chi connectivity index (χ1) is 12.5. The first kappa shape index (κ1) is 20.9. The minimum Gasteiger partial charge on any atom is -0.370 e. The first-order valence-electron chi connectivity index (χ1n) is 8.16. The molecule has 2 heterocycles. The highest BCUT2D eigenvalue weighted by atomic mass is 15.1.